The van der Waals surface area contributed by atoms with Crippen molar-refractivity contribution in [3.8, 4) is 0 Å². The molecule has 2 heterocycles. The second-order valence-electron chi connectivity index (χ2n) is 5.81. The molecule has 0 radical (unpaired) electrons. The van der Waals surface area contributed by atoms with Crippen molar-refractivity contribution < 1.29 is 65.9 Å². The number of halogens is 15. The molecule has 0 aromatic rings. The molecule has 26 heavy (non-hydrogen) atoms. The molecule has 2 fully saturated rings. The molecule has 2 rings (SSSR count). The van der Waals surface area contributed by atoms with E-state index in [0.717, 1.165) is 0 Å². The van der Waals surface area contributed by atoms with Crippen molar-refractivity contribution in [3.05, 3.63) is 0 Å². The van der Waals surface area contributed by atoms with Crippen LogP contribution in [0.3, 0.4) is 0 Å². The molecule has 0 aliphatic carbocycles. The van der Waals surface area contributed by atoms with E-state index in [1.165, 1.54) is 0 Å². The summed E-state index contributed by atoms with van der Waals surface area (Å²) in [4.78, 5) is -2.99. The molecular formula is C10H4F15N. The van der Waals surface area contributed by atoms with Crippen molar-refractivity contribution in [1.29, 1.82) is 0 Å². The van der Waals surface area contributed by atoms with Crippen LogP contribution in [0.1, 0.15) is 6.92 Å². The molecule has 154 valence electrons. The fraction of sp³-hybridized carbons (Fsp3) is 1.00. The van der Waals surface area contributed by atoms with E-state index in [9.17, 15) is 65.9 Å². The van der Waals surface area contributed by atoms with Gasteiger partial charge in [-0.25, -0.2) is 4.39 Å². The summed E-state index contributed by atoms with van der Waals surface area (Å²) in [7, 11) is 0. The Balaban J connectivity index is 2.99. The zero-order valence-corrected chi connectivity index (χ0v) is 11.7. The molecule has 0 bridgehead atoms. The topological polar surface area (TPSA) is 3.24 Å². The van der Waals surface area contributed by atoms with Crippen molar-refractivity contribution in [3.63, 3.8) is 0 Å². The van der Waals surface area contributed by atoms with Crippen molar-refractivity contribution in [2.45, 2.75) is 60.3 Å². The lowest BCUT2D eigenvalue weighted by Gasteiger charge is -2.61. The first-order valence-electron chi connectivity index (χ1n) is 6.12. The zero-order valence-electron chi connectivity index (χ0n) is 11.7. The van der Waals surface area contributed by atoms with Crippen LogP contribution >= 0.6 is 0 Å². The quantitative estimate of drug-likeness (QED) is 0.401. The number of piperidine rings is 2. The summed E-state index contributed by atoms with van der Waals surface area (Å²) in [6, 6.07) is -12.9. The molecular weight excluding hydrogens is 419 g/mol. The van der Waals surface area contributed by atoms with Crippen LogP contribution in [-0.4, -0.2) is 58.3 Å². The maximum Gasteiger partial charge on any atom is 0.392 e. The largest absolute Gasteiger partial charge is 0.392 e. The Morgan fingerprint density at radius 1 is 0.500 bits per heavy atom. The van der Waals surface area contributed by atoms with Gasteiger partial charge < -0.3 is 0 Å². The Hall–Kier alpha value is -1.09. The van der Waals surface area contributed by atoms with E-state index in [4.69, 9.17) is 0 Å². The van der Waals surface area contributed by atoms with E-state index in [0.29, 0.717) is 0 Å². The molecule has 2 aliphatic rings. The lowest BCUT2D eigenvalue weighted by molar-refractivity contribution is -0.528. The van der Waals surface area contributed by atoms with E-state index in [1.807, 2.05) is 0 Å². The lowest BCUT2D eigenvalue weighted by Crippen LogP contribution is -2.92. The standard InChI is InChI=1S/C10H4F15N/c1-3(11)6(16,17)7(18,19)4(12,13)2-5(14,15)8(20,21)9(22,23)10(24,25)26(2)3/h2H,1H3. The van der Waals surface area contributed by atoms with Gasteiger partial charge in [-0.15, -0.1) is 0 Å². The first kappa shape index (κ1) is 21.2. The SMILES string of the molecule is CC1(F)N2C(C(F)(F)C(F)(F)C1(F)F)C(F)(F)C(F)(F)C(F)(F)C2(F)F. The second kappa shape index (κ2) is 4.48. The van der Waals surface area contributed by atoms with Gasteiger partial charge in [-0.1, -0.05) is 0 Å². The van der Waals surface area contributed by atoms with Crippen molar-refractivity contribution in [1.82, 2.24) is 4.90 Å². The van der Waals surface area contributed by atoms with Crippen molar-refractivity contribution >= 4 is 0 Å². The summed E-state index contributed by atoms with van der Waals surface area (Å²) < 4.78 is 202. The van der Waals surface area contributed by atoms with Gasteiger partial charge in [-0.05, 0) is 6.92 Å². The second-order valence-corrected chi connectivity index (χ2v) is 5.81. The molecule has 1 nitrogen and oxygen atoms in total. The predicted octanol–water partition coefficient (Wildman–Crippen LogP) is 4.77. The first-order chi connectivity index (χ1) is 11.0. The van der Waals surface area contributed by atoms with E-state index >= 15 is 0 Å². The number of alkyl halides is 15. The average Bonchev–Trinajstić information content (AvgIpc) is 2.39. The average molecular weight is 423 g/mol. The molecule has 2 atom stereocenters. The number of rotatable bonds is 0. The van der Waals surface area contributed by atoms with Gasteiger partial charge in [0.05, 0.1) is 0 Å². The van der Waals surface area contributed by atoms with Crippen LogP contribution in [0.4, 0.5) is 65.9 Å². The third-order valence-electron chi connectivity index (χ3n) is 4.28. The molecule has 16 heteroatoms. The Bertz CT molecular complexity index is 514. The number of nitrogens with zero attached hydrogens (tertiary/aromatic N) is 1. The Morgan fingerprint density at radius 3 is 1.15 bits per heavy atom. The fourth-order valence-electron chi connectivity index (χ4n) is 2.76. The molecule has 0 N–H and O–H groups in total. The number of fused-ring (bicyclic) bond motifs is 1. The highest BCUT2D eigenvalue weighted by Crippen LogP contribution is 2.70. The highest BCUT2D eigenvalue weighted by molar-refractivity contribution is 5.27. The molecule has 0 saturated carbocycles. The van der Waals surface area contributed by atoms with Crippen LogP contribution in [0.15, 0.2) is 0 Å². The minimum atomic E-state index is -7.42. The summed E-state index contributed by atoms with van der Waals surface area (Å²) in [5, 5.41) is 0. The maximum absolute atomic E-state index is 14.0. The van der Waals surface area contributed by atoms with E-state index in [-0.39, 0.29) is 0 Å². The number of hydrogen-bond donors (Lipinski definition) is 0. The Kier molecular flexibility index (Phi) is 3.66. The van der Waals surface area contributed by atoms with Gasteiger partial charge in [-0.3, -0.25) is 0 Å². The lowest BCUT2D eigenvalue weighted by atomic mass is 9.75. The summed E-state index contributed by atoms with van der Waals surface area (Å²) in [5.41, 5.74) is 0. The highest BCUT2D eigenvalue weighted by atomic mass is 19.4. The van der Waals surface area contributed by atoms with Gasteiger partial charge in [0.1, 0.15) is 0 Å². The molecule has 2 unspecified atom stereocenters. The van der Waals surface area contributed by atoms with Gasteiger partial charge >= 0.3 is 41.6 Å². The zero-order chi connectivity index (χ0) is 21.2. The summed E-state index contributed by atoms with van der Waals surface area (Å²) in [6.07, 6.45) is 0. The summed E-state index contributed by atoms with van der Waals surface area (Å²) >= 11 is 0. The smallest absolute Gasteiger partial charge is 0.219 e. The summed E-state index contributed by atoms with van der Waals surface area (Å²) in [6.45, 7) is -1.10. The minimum Gasteiger partial charge on any atom is -0.219 e. The van der Waals surface area contributed by atoms with Gasteiger partial charge in [0, 0.05) is 0 Å². The minimum absolute atomic E-state index is 1.10. The van der Waals surface area contributed by atoms with E-state index < -0.39 is 65.2 Å². The van der Waals surface area contributed by atoms with Crippen LogP contribution in [-0.2, 0) is 0 Å². The predicted molar refractivity (Wildman–Crippen MR) is 49.8 cm³/mol. The monoisotopic (exact) mass is 423 g/mol. The fourth-order valence-corrected chi connectivity index (χ4v) is 2.76. The van der Waals surface area contributed by atoms with Gasteiger partial charge in [0.2, 0.25) is 5.79 Å². The Labute approximate surface area is 132 Å². The molecule has 2 aliphatic heterocycles. The van der Waals surface area contributed by atoms with Crippen molar-refractivity contribution in [2.75, 3.05) is 0 Å². The Morgan fingerprint density at radius 2 is 0.808 bits per heavy atom. The van der Waals surface area contributed by atoms with E-state index in [1.54, 1.807) is 0 Å². The van der Waals surface area contributed by atoms with E-state index in [2.05, 4.69) is 0 Å². The van der Waals surface area contributed by atoms with Gasteiger partial charge in [0.25, 0.3) is 0 Å². The van der Waals surface area contributed by atoms with Crippen LogP contribution in [0.25, 0.3) is 0 Å². The van der Waals surface area contributed by atoms with Crippen LogP contribution in [0.2, 0.25) is 0 Å². The molecule has 2 saturated heterocycles. The van der Waals surface area contributed by atoms with Gasteiger partial charge in [-0.2, -0.15) is 66.4 Å². The maximum atomic E-state index is 14.0. The van der Waals surface area contributed by atoms with Crippen LogP contribution < -0.4 is 0 Å². The van der Waals surface area contributed by atoms with Crippen LogP contribution in [0, 0.1) is 0 Å². The third kappa shape index (κ3) is 1.68. The third-order valence-corrected chi connectivity index (χ3v) is 4.28. The normalized spacial score (nSPS) is 41.3. The summed E-state index contributed by atoms with van der Waals surface area (Å²) in [5.74, 6) is -49.3. The molecule has 0 aromatic heterocycles. The molecule has 0 aromatic carbocycles. The molecule has 0 amide bonds. The van der Waals surface area contributed by atoms with Crippen molar-refractivity contribution in [2.24, 2.45) is 0 Å². The van der Waals surface area contributed by atoms with Gasteiger partial charge in [0.15, 0.2) is 6.04 Å². The number of hydrogen-bond acceptors (Lipinski definition) is 1. The first-order valence-corrected chi connectivity index (χ1v) is 6.12. The molecule has 0 spiro atoms. The van der Waals surface area contributed by atoms with Crippen LogP contribution in [0.5, 0.6) is 0 Å². The highest BCUT2D eigenvalue weighted by Gasteiger charge is 3.00.